The van der Waals surface area contributed by atoms with Crippen LogP contribution in [0.25, 0.3) is 0 Å². The van der Waals surface area contributed by atoms with E-state index in [0.29, 0.717) is 45.5 Å². The van der Waals surface area contributed by atoms with Crippen molar-refractivity contribution in [2.45, 2.75) is 65.0 Å². The Morgan fingerprint density at radius 3 is 2.24 bits per heavy atom. The molecule has 2 aliphatic rings. The number of nitrogens with zero attached hydrogens (tertiary/aromatic N) is 2. The summed E-state index contributed by atoms with van der Waals surface area (Å²) in [5.41, 5.74) is -0.578. The van der Waals surface area contributed by atoms with Crippen LogP contribution in [0.4, 0.5) is 4.79 Å². The van der Waals surface area contributed by atoms with Gasteiger partial charge in [0.1, 0.15) is 11.6 Å². The van der Waals surface area contributed by atoms with E-state index in [1.54, 1.807) is 16.7 Å². The summed E-state index contributed by atoms with van der Waals surface area (Å²) in [4.78, 5) is 40.3. The molecule has 0 spiro atoms. The zero-order valence-electron chi connectivity index (χ0n) is 15.7. The van der Waals surface area contributed by atoms with E-state index in [2.05, 4.69) is 0 Å². The molecule has 7 heteroatoms. The van der Waals surface area contributed by atoms with Gasteiger partial charge in [0.15, 0.2) is 0 Å². The van der Waals surface area contributed by atoms with Crippen molar-refractivity contribution in [3.05, 3.63) is 0 Å². The van der Waals surface area contributed by atoms with E-state index >= 15 is 0 Å². The first kappa shape index (κ1) is 19.5. The zero-order chi connectivity index (χ0) is 18.6. The largest absolute Gasteiger partial charge is 0.466 e. The molecule has 2 heterocycles. The highest BCUT2D eigenvalue weighted by atomic mass is 16.6. The van der Waals surface area contributed by atoms with E-state index in [4.69, 9.17) is 9.47 Å². The summed E-state index contributed by atoms with van der Waals surface area (Å²) in [5, 5.41) is 0. The van der Waals surface area contributed by atoms with E-state index in [-0.39, 0.29) is 17.8 Å². The van der Waals surface area contributed by atoms with Crippen LogP contribution in [-0.2, 0) is 19.1 Å². The van der Waals surface area contributed by atoms with E-state index in [0.717, 1.165) is 6.42 Å². The van der Waals surface area contributed by atoms with Crippen LogP contribution < -0.4 is 0 Å². The topological polar surface area (TPSA) is 76.2 Å². The Labute approximate surface area is 149 Å². The van der Waals surface area contributed by atoms with Crippen molar-refractivity contribution >= 4 is 18.0 Å². The summed E-state index contributed by atoms with van der Waals surface area (Å²) in [7, 11) is 0. The number of hydrogen-bond acceptors (Lipinski definition) is 5. The van der Waals surface area contributed by atoms with Gasteiger partial charge in [-0.25, -0.2) is 4.79 Å². The monoisotopic (exact) mass is 354 g/mol. The molecule has 0 radical (unpaired) electrons. The molecule has 0 aromatic rings. The molecule has 0 N–H and O–H groups in total. The van der Waals surface area contributed by atoms with Gasteiger partial charge in [0.25, 0.3) is 0 Å². The quantitative estimate of drug-likeness (QED) is 0.726. The van der Waals surface area contributed by atoms with Crippen LogP contribution in [0, 0.1) is 5.92 Å². The minimum atomic E-state index is -0.578. The maximum absolute atomic E-state index is 12.8. The summed E-state index contributed by atoms with van der Waals surface area (Å²) in [6, 6.07) is -0.450. The standard InChI is InChI=1S/C18H30N2O5/c1-5-24-16(22)13-8-11-19(12-9-13)15(21)14-7-6-10-20(14)17(23)25-18(2,3)4/h13-14H,5-12H2,1-4H3/t14-/m0/s1. The molecule has 0 bridgehead atoms. The molecule has 2 amide bonds. The van der Waals surface area contributed by atoms with Crippen LogP contribution in [0.15, 0.2) is 0 Å². The lowest BCUT2D eigenvalue weighted by Crippen LogP contribution is -2.51. The Bertz CT molecular complexity index is 506. The van der Waals surface area contributed by atoms with Gasteiger partial charge in [-0.05, 0) is 53.4 Å². The summed E-state index contributed by atoms with van der Waals surface area (Å²) >= 11 is 0. The van der Waals surface area contributed by atoms with Gasteiger partial charge in [-0.1, -0.05) is 0 Å². The molecule has 142 valence electrons. The Hall–Kier alpha value is -1.79. The minimum Gasteiger partial charge on any atom is -0.466 e. The van der Waals surface area contributed by atoms with Gasteiger partial charge >= 0.3 is 12.1 Å². The lowest BCUT2D eigenvalue weighted by Gasteiger charge is -2.35. The second-order valence-electron chi connectivity index (χ2n) is 7.68. The smallest absolute Gasteiger partial charge is 0.410 e. The molecule has 0 aliphatic carbocycles. The number of amides is 2. The van der Waals surface area contributed by atoms with Gasteiger partial charge in [0.2, 0.25) is 5.91 Å². The summed E-state index contributed by atoms with van der Waals surface area (Å²) < 4.78 is 10.5. The number of carbonyl (C=O) groups is 3. The molecule has 2 fully saturated rings. The van der Waals surface area contributed by atoms with Crippen LogP contribution in [0.2, 0.25) is 0 Å². The van der Waals surface area contributed by atoms with Crippen molar-refractivity contribution in [1.29, 1.82) is 0 Å². The first-order chi connectivity index (χ1) is 11.7. The SMILES string of the molecule is CCOC(=O)C1CCN(C(=O)[C@@H]2CCCN2C(=O)OC(C)(C)C)CC1. The Morgan fingerprint density at radius 1 is 1.04 bits per heavy atom. The van der Waals surface area contributed by atoms with Crippen LogP contribution in [0.1, 0.15) is 53.4 Å². The summed E-state index contributed by atoms with van der Waals surface area (Å²) in [6.07, 6.45) is 2.27. The van der Waals surface area contributed by atoms with Crippen molar-refractivity contribution in [1.82, 2.24) is 9.80 Å². The van der Waals surface area contributed by atoms with E-state index < -0.39 is 17.7 Å². The lowest BCUT2D eigenvalue weighted by molar-refractivity contribution is -0.151. The molecule has 0 aromatic carbocycles. The number of rotatable bonds is 3. The fraction of sp³-hybridized carbons (Fsp3) is 0.833. The summed E-state index contributed by atoms with van der Waals surface area (Å²) in [6.45, 7) is 9.23. The van der Waals surface area contributed by atoms with E-state index in [9.17, 15) is 14.4 Å². The average Bonchev–Trinajstić information content (AvgIpc) is 3.02. The number of ether oxygens (including phenoxy) is 2. The third kappa shape index (κ3) is 5.09. The van der Waals surface area contributed by atoms with Crippen molar-refractivity contribution in [3.8, 4) is 0 Å². The number of piperidine rings is 1. The van der Waals surface area contributed by atoms with Crippen LogP contribution in [-0.4, -0.2) is 65.7 Å². The van der Waals surface area contributed by atoms with Crippen molar-refractivity contribution < 1.29 is 23.9 Å². The zero-order valence-corrected chi connectivity index (χ0v) is 15.7. The molecular formula is C18H30N2O5. The predicted octanol–water partition coefficient (Wildman–Crippen LogP) is 2.19. The maximum atomic E-state index is 12.8. The Kier molecular flexibility index (Phi) is 6.30. The van der Waals surface area contributed by atoms with Gasteiger partial charge in [-0.2, -0.15) is 0 Å². The fourth-order valence-corrected chi connectivity index (χ4v) is 3.37. The molecule has 2 rings (SSSR count). The highest BCUT2D eigenvalue weighted by Gasteiger charge is 2.40. The number of likely N-dealkylation sites (tertiary alicyclic amines) is 2. The fourth-order valence-electron chi connectivity index (χ4n) is 3.37. The predicted molar refractivity (Wildman–Crippen MR) is 91.9 cm³/mol. The molecular weight excluding hydrogens is 324 g/mol. The molecule has 2 saturated heterocycles. The minimum absolute atomic E-state index is 0.0364. The molecule has 0 saturated carbocycles. The third-order valence-corrected chi connectivity index (χ3v) is 4.59. The molecule has 25 heavy (non-hydrogen) atoms. The first-order valence-electron chi connectivity index (χ1n) is 9.18. The van der Waals surface area contributed by atoms with Gasteiger partial charge < -0.3 is 14.4 Å². The van der Waals surface area contributed by atoms with E-state index in [1.165, 1.54) is 0 Å². The van der Waals surface area contributed by atoms with Gasteiger partial charge in [0, 0.05) is 19.6 Å². The second kappa shape index (κ2) is 8.06. The normalized spacial score (nSPS) is 22.0. The molecule has 0 aromatic heterocycles. The molecule has 7 nitrogen and oxygen atoms in total. The molecule has 1 atom stereocenters. The van der Waals surface area contributed by atoms with Gasteiger partial charge in [-0.3, -0.25) is 14.5 Å². The van der Waals surface area contributed by atoms with Crippen LogP contribution in [0.3, 0.4) is 0 Å². The van der Waals surface area contributed by atoms with Crippen molar-refractivity contribution in [3.63, 3.8) is 0 Å². The number of carbonyl (C=O) groups excluding carboxylic acids is 3. The average molecular weight is 354 g/mol. The first-order valence-corrected chi connectivity index (χ1v) is 9.18. The highest BCUT2D eigenvalue weighted by molar-refractivity contribution is 5.86. The van der Waals surface area contributed by atoms with E-state index in [1.807, 2.05) is 20.8 Å². The van der Waals surface area contributed by atoms with Gasteiger partial charge in [-0.15, -0.1) is 0 Å². The third-order valence-electron chi connectivity index (χ3n) is 4.59. The van der Waals surface area contributed by atoms with Crippen LogP contribution in [0.5, 0.6) is 0 Å². The Morgan fingerprint density at radius 2 is 1.68 bits per heavy atom. The van der Waals surface area contributed by atoms with Crippen LogP contribution >= 0.6 is 0 Å². The van der Waals surface area contributed by atoms with Crippen molar-refractivity contribution in [2.24, 2.45) is 5.92 Å². The Balaban J connectivity index is 1.92. The number of esters is 1. The maximum Gasteiger partial charge on any atom is 0.410 e. The highest BCUT2D eigenvalue weighted by Crippen LogP contribution is 2.25. The van der Waals surface area contributed by atoms with Gasteiger partial charge in [0.05, 0.1) is 12.5 Å². The summed E-state index contributed by atoms with van der Waals surface area (Å²) in [5.74, 6) is -0.342. The number of hydrogen-bond donors (Lipinski definition) is 0. The second-order valence-corrected chi connectivity index (χ2v) is 7.68. The van der Waals surface area contributed by atoms with Crippen molar-refractivity contribution in [2.75, 3.05) is 26.2 Å². The molecule has 2 aliphatic heterocycles. The lowest BCUT2D eigenvalue weighted by atomic mass is 9.96. The molecule has 0 unspecified atom stereocenters.